The van der Waals surface area contributed by atoms with E-state index in [1.807, 2.05) is 11.8 Å². The molecule has 1 fully saturated rings. The van der Waals surface area contributed by atoms with Crippen molar-refractivity contribution in [3.05, 3.63) is 0 Å². The van der Waals surface area contributed by atoms with Gasteiger partial charge < -0.3 is 11.1 Å². The Kier molecular flexibility index (Phi) is 4.46. The molecule has 1 rings (SSSR count). The van der Waals surface area contributed by atoms with Gasteiger partial charge in [0.05, 0.1) is 0 Å². The van der Waals surface area contributed by atoms with Gasteiger partial charge in [0, 0.05) is 17.4 Å². The highest BCUT2D eigenvalue weighted by molar-refractivity contribution is 7.99. The molecule has 0 atom stereocenters. The Hall–Kier alpha value is -0.220. The quantitative estimate of drug-likeness (QED) is 0.669. The topological polar surface area (TPSA) is 55.1 Å². The summed E-state index contributed by atoms with van der Waals surface area (Å²) >= 11 is 1.88. The van der Waals surface area contributed by atoms with Gasteiger partial charge >= 0.3 is 0 Å². The molecule has 4 heteroatoms. The van der Waals surface area contributed by atoms with Crippen molar-refractivity contribution in [2.45, 2.75) is 24.5 Å². The summed E-state index contributed by atoms with van der Waals surface area (Å²) in [6, 6.07) is 0. The first kappa shape index (κ1) is 9.86. The number of carbonyl (C=O) groups excluding carboxylic acids is 1. The van der Waals surface area contributed by atoms with Crippen molar-refractivity contribution in [3.8, 4) is 0 Å². The Morgan fingerprint density at radius 2 is 2.17 bits per heavy atom. The monoisotopic (exact) mass is 188 g/mol. The number of nitrogens with two attached hydrogens (primary N) is 1. The average Bonchev–Trinajstić information content (AvgIpc) is 2.05. The van der Waals surface area contributed by atoms with Crippen LogP contribution < -0.4 is 11.1 Å². The fourth-order valence-corrected chi connectivity index (χ4v) is 2.51. The summed E-state index contributed by atoms with van der Waals surface area (Å²) in [5.41, 5.74) is 5.04. The molecule has 1 amide bonds. The Bertz CT molecular complexity index is 146. The van der Waals surface area contributed by atoms with Crippen molar-refractivity contribution in [1.82, 2.24) is 5.32 Å². The molecular weight excluding hydrogens is 172 g/mol. The van der Waals surface area contributed by atoms with E-state index in [-0.39, 0.29) is 5.91 Å². The number of primary amides is 1. The summed E-state index contributed by atoms with van der Waals surface area (Å²) in [6.45, 7) is 2.24. The van der Waals surface area contributed by atoms with Gasteiger partial charge in [0.25, 0.3) is 0 Å². The van der Waals surface area contributed by atoms with Crippen molar-refractivity contribution in [2.75, 3.05) is 18.8 Å². The standard InChI is InChI=1S/C8H16N2OS/c9-8(11)3-6-12-7-1-4-10-5-2-7/h7,10H,1-6H2,(H2,9,11). The van der Waals surface area contributed by atoms with Crippen LogP contribution in [0.2, 0.25) is 0 Å². The Balaban J connectivity index is 2.01. The maximum Gasteiger partial charge on any atom is 0.218 e. The lowest BCUT2D eigenvalue weighted by molar-refractivity contribution is -0.117. The predicted octanol–water partition coefficient (Wildman–Crippen LogP) is 0.347. The summed E-state index contributed by atoms with van der Waals surface area (Å²) in [5, 5.41) is 4.05. The van der Waals surface area contributed by atoms with Crippen LogP contribution in [0.3, 0.4) is 0 Å². The number of hydrogen-bond acceptors (Lipinski definition) is 3. The first-order chi connectivity index (χ1) is 5.79. The second-order valence-electron chi connectivity index (χ2n) is 3.04. The fraction of sp³-hybridized carbons (Fsp3) is 0.875. The molecule has 0 aromatic heterocycles. The SMILES string of the molecule is NC(=O)CCSC1CCNCC1. The molecule has 1 saturated heterocycles. The maximum absolute atomic E-state index is 10.4. The molecule has 0 aliphatic carbocycles. The molecule has 1 heterocycles. The maximum atomic E-state index is 10.4. The number of piperidine rings is 1. The average molecular weight is 188 g/mol. The van der Waals surface area contributed by atoms with Gasteiger partial charge in [0.2, 0.25) is 5.91 Å². The third-order valence-electron chi connectivity index (χ3n) is 1.99. The molecule has 0 spiro atoms. The Morgan fingerprint density at radius 1 is 1.50 bits per heavy atom. The highest BCUT2D eigenvalue weighted by Crippen LogP contribution is 2.20. The van der Waals surface area contributed by atoms with Crippen LogP contribution in [0.25, 0.3) is 0 Å². The minimum absolute atomic E-state index is 0.184. The molecule has 1 aliphatic rings. The largest absolute Gasteiger partial charge is 0.370 e. The van der Waals surface area contributed by atoms with E-state index >= 15 is 0 Å². The number of carbonyl (C=O) groups is 1. The van der Waals surface area contributed by atoms with Crippen LogP contribution in [0.1, 0.15) is 19.3 Å². The van der Waals surface area contributed by atoms with E-state index in [0.29, 0.717) is 6.42 Å². The van der Waals surface area contributed by atoms with Crippen molar-refractivity contribution >= 4 is 17.7 Å². The zero-order chi connectivity index (χ0) is 8.81. The van der Waals surface area contributed by atoms with Gasteiger partial charge in [0.1, 0.15) is 0 Å². The second kappa shape index (κ2) is 5.43. The molecule has 1 aliphatic heterocycles. The lowest BCUT2D eigenvalue weighted by atomic mass is 10.2. The number of amides is 1. The molecule has 3 nitrogen and oxygen atoms in total. The predicted molar refractivity (Wildman–Crippen MR) is 52.2 cm³/mol. The van der Waals surface area contributed by atoms with Crippen molar-refractivity contribution < 1.29 is 4.79 Å². The summed E-state index contributed by atoms with van der Waals surface area (Å²) < 4.78 is 0. The smallest absolute Gasteiger partial charge is 0.218 e. The van der Waals surface area contributed by atoms with Crippen LogP contribution in [0, 0.1) is 0 Å². The fourth-order valence-electron chi connectivity index (χ4n) is 1.29. The molecule has 70 valence electrons. The Labute approximate surface area is 77.5 Å². The normalized spacial score (nSPS) is 19.3. The molecular formula is C8H16N2OS. The summed E-state index contributed by atoms with van der Waals surface area (Å²) in [7, 11) is 0. The molecule has 12 heavy (non-hydrogen) atoms. The van der Waals surface area contributed by atoms with Gasteiger partial charge in [-0.3, -0.25) is 4.79 Å². The van der Waals surface area contributed by atoms with Gasteiger partial charge in [-0.1, -0.05) is 0 Å². The van der Waals surface area contributed by atoms with Crippen LogP contribution in [0.4, 0.5) is 0 Å². The van der Waals surface area contributed by atoms with Crippen LogP contribution in [0.15, 0.2) is 0 Å². The van der Waals surface area contributed by atoms with Gasteiger partial charge in [-0.25, -0.2) is 0 Å². The van der Waals surface area contributed by atoms with E-state index in [1.54, 1.807) is 0 Å². The van der Waals surface area contributed by atoms with Crippen molar-refractivity contribution in [1.29, 1.82) is 0 Å². The van der Waals surface area contributed by atoms with E-state index in [9.17, 15) is 4.79 Å². The van der Waals surface area contributed by atoms with E-state index < -0.39 is 0 Å². The van der Waals surface area contributed by atoms with Gasteiger partial charge in [-0.15, -0.1) is 0 Å². The zero-order valence-electron chi connectivity index (χ0n) is 7.21. The molecule has 0 unspecified atom stereocenters. The minimum Gasteiger partial charge on any atom is -0.370 e. The lowest BCUT2D eigenvalue weighted by Gasteiger charge is -2.21. The third-order valence-corrected chi connectivity index (χ3v) is 3.37. The molecule has 0 aromatic carbocycles. The van der Waals surface area contributed by atoms with Crippen molar-refractivity contribution in [3.63, 3.8) is 0 Å². The highest BCUT2D eigenvalue weighted by atomic mass is 32.2. The Morgan fingerprint density at radius 3 is 2.75 bits per heavy atom. The van der Waals surface area contributed by atoms with Gasteiger partial charge in [-0.05, 0) is 25.9 Å². The van der Waals surface area contributed by atoms with Crippen LogP contribution in [-0.2, 0) is 4.79 Å². The summed E-state index contributed by atoms with van der Waals surface area (Å²) in [4.78, 5) is 10.4. The first-order valence-corrected chi connectivity index (χ1v) is 5.44. The van der Waals surface area contributed by atoms with Crippen LogP contribution >= 0.6 is 11.8 Å². The number of rotatable bonds is 4. The first-order valence-electron chi connectivity index (χ1n) is 4.39. The highest BCUT2D eigenvalue weighted by Gasteiger charge is 2.12. The molecule has 3 N–H and O–H groups in total. The number of thioether (sulfide) groups is 1. The van der Waals surface area contributed by atoms with Crippen LogP contribution in [-0.4, -0.2) is 30.0 Å². The minimum atomic E-state index is -0.184. The second-order valence-corrected chi connectivity index (χ2v) is 4.44. The molecule has 0 aromatic rings. The van der Waals surface area contributed by atoms with E-state index in [0.717, 1.165) is 24.1 Å². The van der Waals surface area contributed by atoms with Gasteiger partial charge in [-0.2, -0.15) is 11.8 Å². The van der Waals surface area contributed by atoms with E-state index in [4.69, 9.17) is 5.73 Å². The van der Waals surface area contributed by atoms with Gasteiger partial charge in [0.15, 0.2) is 0 Å². The third kappa shape index (κ3) is 3.97. The van der Waals surface area contributed by atoms with E-state index in [1.165, 1.54) is 12.8 Å². The summed E-state index contributed by atoms with van der Waals surface area (Å²) in [6.07, 6.45) is 2.97. The zero-order valence-corrected chi connectivity index (χ0v) is 8.03. The van der Waals surface area contributed by atoms with Crippen molar-refractivity contribution in [2.24, 2.45) is 5.73 Å². The lowest BCUT2D eigenvalue weighted by Crippen LogP contribution is -2.29. The molecule has 0 bridgehead atoms. The van der Waals surface area contributed by atoms with Crippen LogP contribution in [0.5, 0.6) is 0 Å². The molecule has 0 saturated carbocycles. The van der Waals surface area contributed by atoms with E-state index in [2.05, 4.69) is 5.32 Å². The molecule has 0 radical (unpaired) electrons. The number of hydrogen-bond donors (Lipinski definition) is 2. The summed E-state index contributed by atoms with van der Waals surface area (Å²) in [5.74, 6) is 0.705. The number of nitrogens with one attached hydrogen (secondary N) is 1.